The second-order valence-electron chi connectivity index (χ2n) is 4.13. The Morgan fingerprint density at radius 1 is 1.38 bits per heavy atom. The van der Waals surface area contributed by atoms with E-state index in [2.05, 4.69) is 28.1 Å². The molecule has 0 saturated heterocycles. The smallest absolute Gasteiger partial charge is 0.133 e. The molecule has 0 unspecified atom stereocenters. The van der Waals surface area contributed by atoms with Gasteiger partial charge < -0.3 is 9.47 Å². The van der Waals surface area contributed by atoms with Crippen LogP contribution in [0, 0.1) is 0 Å². The van der Waals surface area contributed by atoms with Crippen molar-refractivity contribution < 1.29 is 9.47 Å². The van der Waals surface area contributed by atoms with E-state index in [-0.39, 0.29) is 5.60 Å². The first-order valence-corrected chi connectivity index (χ1v) is 6.49. The highest BCUT2D eigenvalue weighted by molar-refractivity contribution is 9.10. The molecule has 1 saturated carbocycles. The van der Waals surface area contributed by atoms with Gasteiger partial charge in [0.1, 0.15) is 5.75 Å². The first kappa shape index (κ1) is 11.9. The van der Waals surface area contributed by atoms with Gasteiger partial charge in [-0.05, 0) is 59.8 Å². The van der Waals surface area contributed by atoms with E-state index < -0.39 is 0 Å². The van der Waals surface area contributed by atoms with Crippen LogP contribution in [0.2, 0.25) is 0 Å². The minimum Gasteiger partial charge on any atom is -0.493 e. The van der Waals surface area contributed by atoms with Gasteiger partial charge in [-0.25, -0.2) is 0 Å². The Kier molecular flexibility index (Phi) is 3.55. The molecule has 0 spiro atoms. The van der Waals surface area contributed by atoms with E-state index in [1.807, 2.05) is 13.0 Å². The molecule has 0 N–H and O–H groups in total. The third-order valence-corrected chi connectivity index (χ3v) is 3.93. The van der Waals surface area contributed by atoms with E-state index in [4.69, 9.17) is 9.47 Å². The summed E-state index contributed by atoms with van der Waals surface area (Å²) in [6, 6.07) is 6.24. The van der Waals surface area contributed by atoms with Crippen molar-refractivity contribution >= 4 is 15.9 Å². The highest BCUT2D eigenvalue weighted by atomic mass is 79.9. The maximum absolute atomic E-state index is 5.65. The van der Waals surface area contributed by atoms with Crippen LogP contribution in [0.15, 0.2) is 22.7 Å². The average molecular weight is 285 g/mol. The zero-order valence-electron chi connectivity index (χ0n) is 9.75. The summed E-state index contributed by atoms with van der Waals surface area (Å²) in [5.74, 6) is 0.900. The van der Waals surface area contributed by atoms with Crippen LogP contribution in [0.5, 0.6) is 5.75 Å². The predicted octanol–water partition coefficient (Wildman–Crippen LogP) is 3.87. The molecule has 88 valence electrons. The number of hydrogen-bond donors (Lipinski definition) is 0. The SMILES string of the molecule is CCOc1ccc(C2(OC)CCC2)cc1Br. The van der Waals surface area contributed by atoms with Gasteiger partial charge in [0, 0.05) is 7.11 Å². The van der Waals surface area contributed by atoms with Gasteiger partial charge in [0.05, 0.1) is 16.7 Å². The second kappa shape index (κ2) is 4.76. The average Bonchev–Trinajstić information content (AvgIpc) is 2.21. The number of ether oxygens (including phenoxy) is 2. The van der Waals surface area contributed by atoms with E-state index in [9.17, 15) is 0 Å². The molecular formula is C13H17BrO2. The topological polar surface area (TPSA) is 18.5 Å². The highest BCUT2D eigenvalue weighted by Gasteiger charge is 2.38. The zero-order chi connectivity index (χ0) is 11.6. The lowest BCUT2D eigenvalue weighted by molar-refractivity contribution is -0.0779. The molecule has 1 fully saturated rings. The number of methoxy groups -OCH3 is 1. The molecule has 2 rings (SSSR count). The van der Waals surface area contributed by atoms with Gasteiger partial charge in [0.2, 0.25) is 0 Å². The fourth-order valence-corrected chi connectivity index (χ4v) is 2.66. The van der Waals surface area contributed by atoms with Gasteiger partial charge in [-0.1, -0.05) is 6.07 Å². The van der Waals surface area contributed by atoms with E-state index in [0.717, 1.165) is 23.1 Å². The summed E-state index contributed by atoms with van der Waals surface area (Å²) in [6.07, 6.45) is 3.48. The van der Waals surface area contributed by atoms with Crippen LogP contribution in [0.4, 0.5) is 0 Å². The van der Waals surface area contributed by atoms with Crippen molar-refractivity contribution in [1.29, 1.82) is 0 Å². The normalized spacial score (nSPS) is 17.9. The monoisotopic (exact) mass is 284 g/mol. The fraction of sp³-hybridized carbons (Fsp3) is 0.538. The Morgan fingerprint density at radius 2 is 2.12 bits per heavy atom. The molecule has 1 aromatic carbocycles. The minimum atomic E-state index is -0.0483. The Bertz CT molecular complexity index is 367. The summed E-state index contributed by atoms with van der Waals surface area (Å²) in [4.78, 5) is 0. The molecule has 2 nitrogen and oxygen atoms in total. The largest absolute Gasteiger partial charge is 0.493 e. The van der Waals surface area contributed by atoms with Crippen molar-refractivity contribution in [3.63, 3.8) is 0 Å². The lowest BCUT2D eigenvalue weighted by Gasteiger charge is -2.41. The molecule has 0 bridgehead atoms. The van der Waals surface area contributed by atoms with Gasteiger partial charge in [0.25, 0.3) is 0 Å². The van der Waals surface area contributed by atoms with Gasteiger partial charge >= 0.3 is 0 Å². The lowest BCUT2D eigenvalue weighted by atomic mass is 9.75. The zero-order valence-corrected chi connectivity index (χ0v) is 11.3. The van der Waals surface area contributed by atoms with Crippen LogP contribution >= 0.6 is 15.9 Å². The molecular weight excluding hydrogens is 268 g/mol. The standard InChI is InChI=1S/C13H17BrO2/c1-3-16-12-6-5-10(9-11(12)14)13(15-2)7-4-8-13/h5-6,9H,3-4,7-8H2,1-2H3. The maximum atomic E-state index is 5.65. The summed E-state index contributed by atoms with van der Waals surface area (Å²) >= 11 is 3.54. The molecule has 1 aromatic rings. The van der Waals surface area contributed by atoms with E-state index in [1.165, 1.54) is 12.0 Å². The van der Waals surface area contributed by atoms with Gasteiger partial charge in [-0.3, -0.25) is 0 Å². The second-order valence-corrected chi connectivity index (χ2v) is 4.98. The number of halogens is 1. The molecule has 0 aromatic heterocycles. The van der Waals surface area contributed by atoms with Crippen molar-refractivity contribution in [2.24, 2.45) is 0 Å². The Balaban J connectivity index is 2.26. The summed E-state index contributed by atoms with van der Waals surface area (Å²) in [7, 11) is 1.80. The Labute approximate surface area is 105 Å². The maximum Gasteiger partial charge on any atom is 0.133 e. The van der Waals surface area contributed by atoms with Gasteiger partial charge in [-0.15, -0.1) is 0 Å². The fourth-order valence-electron chi connectivity index (χ4n) is 2.17. The molecule has 1 aliphatic rings. The molecule has 0 amide bonds. The van der Waals surface area contributed by atoms with Crippen molar-refractivity contribution in [2.45, 2.75) is 31.8 Å². The number of hydrogen-bond acceptors (Lipinski definition) is 2. The summed E-state index contributed by atoms with van der Waals surface area (Å²) in [6.45, 7) is 2.68. The molecule has 1 aliphatic carbocycles. The van der Waals surface area contributed by atoms with Crippen molar-refractivity contribution in [2.75, 3.05) is 13.7 Å². The van der Waals surface area contributed by atoms with Gasteiger partial charge in [-0.2, -0.15) is 0 Å². The molecule has 0 radical (unpaired) electrons. The van der Waals surface area contributed by atoms with Crippen LogP contribution < -0.4 is 4.74 Å². The van der Waals surface area contributed by atoms with Crippen molar-refractivity contribution in [1.82, 2.24) is 0 Å². The summed E-state index contributed by atoms with van der Waals surface area (Å²) in [5, 5.41) is 0. The quantitative estimate of drug-likeness (QED) is 0.836. The third-order valence-electron chi connectivity index (χ3n) is 3.31. The van der Waals surface area contributed by atoms with Crippen LogP contribution in [0.25, 0.3) is 0 Å². The molecule has 0 heterocycles. The van der Waals surface area contributed by atoms with E-state index in [0.29, 0.717) is 6.61 Å². The summed E-state index contributed by atoms with van der Waals surface area (Å²) < 4.78 is 12.2. The first-order chi connectivity index (χ1) is 7.72. The number of rotatable bonds is 4. The minimum absolute atomic E-state index is 0.0483. The van der Waals surface area contributed by atoms with Crippen LogP contribution in [0.1, 0.15) is 31.7 Å². The van der Waals surface area contributed by atoms with Crippen LogP contribution in [0.3, 0.4) is 0 Å². The lowest BCUT2D eigenvalue weighted by Crippen LogP contribution is -2.36. The third kappa shape index (κ3) is 1.98. The first-order valence-electron chi connectivity index (χ1n) is 5.70. The number of benzene rings is 1. The summed E-state index contributed by atoms with van der Waals surface area (Å²) in [5.41, 5.74) is 1.20. The van der Waals surface area contributed by atoms with Crippen molar-refractivity contribution in [3.8, 4) is 5.75 Å². The van der Waals surface area contributed by atoms with E-state index in [1.54, 1.807) is 7.11 Å². The molecule has 16 heavy (non-hydrogen) atoms. The van der Waals surface area contributed by atoms with Gasteiger partial charge in [0.15, 0.2) is 0 Å². The van der Waals surface area contributed by atoms with Crippen LogP contribution in [-0.2, 0) is 10.3 Å². The Hall–Kier alpha value is -0.540. The molecule has 0 aliphatic heterocycles. The molecule has 0 atom stereocenters. The Morgan fingerprint density at radius 3 is 2.56 bits per heavy atom. The highest BCUT2D eigenvalue weighted by Crippen LogP contribution is 2.45. The molecule has 3 heteroatoms. The van der Waals surface area contributed by atoms with Crippen molar-refractivity contribution in [3.05, 3.63) is 28.2 Å². The predicted molar refractivity (Wildman–Crippen MR) is 67.8 cm³/mol. The van der Waals surface area contributed by atoms with E-state index >= 15 is 0 Å². The van der Waals surface area contributed by atoms with Crippen LogP contribution in [-0.4, -0.2) is 13.7 Å².